The van der Waals surface area contributed by atoms with Crippen molar-refractivity contribution in [3.05, 3.63) is 0 Å². The lowest BCUT2D eigenvalue weighted by Crippen LogP contribution is -2.26. The van der Waals surface area contributed by atoms with E-state index in [4.69, 9.17) is 9.68 Å². The maximum absolute atomic E-state index is 5.59. The highest BCUT2D eigenvalue weighted by atomic mass is 16.7. The Morgan fingerprint density at radius 2 is 1.18 bits per heavy atom. The van der Waals surface area contributed by atoms with Crippen LogP contribution in [0.2, 0.25) is 0 Å². The molecule has 0 saturated heterocycles. The van der Waals surface area contributed by atoms with Crippen LogP contribution in [0.3, 0.4) is 0 Å². The Kier molecular flexibility index (Phi) is 7.75. The summed E-state index contributed by atoms with van der Waals surface area (Å²) in [5.41, 5.74) is 2.42. The van der Waals surface area contributed by atoms with Crippen LogP contribution in [0, 0.1) is 0 Å². The van der Waals surface area contributed by atoms with Crippen molar-refractivity contribution in [2.24, 2.45) is 10.3 Å². The van der Waals surface area contributed by atoms with Crippen LogP contribution in [-0.4, -0.2) is 23.6 Å². The number of unbranched alkanes of at least 4 members (excludes halogenated alkanes) is 6. The fourth-order valence-corrected chi connectivity index (χ4v) is 3.10. The fourth-order valence-electron chi connectivity index (χ4n) is 3.10. The maximum Gasteiger partial charge on any atom is 0.172 e. The minimum absolute atomic E-state index is 0.0815. The largest absolute Gasteiger partial charge is 0.388 e. The van der Waals surface area contributed by atoms with Gasteiger partial charge in [-0.25, -0.2) is 0 Å². The summed E-state index contributed by atoms with van der Waals surface area (Å²) in [7, 11) is 0. The molecule has 0 aromatic carbocycles. The molecule has 0 aromatic heterocycles. The van der Waals surface area contributed by atoms with Crippen LogP contribution in [-0.2, 0) is 9.68 Å². The van der Waals surface area contributed by atoms with Crippen molar-refractivity contribution in [2.75, 3.05) is 0 Å². The Hall–Kier alpha value is -1.06. The molecule has 2 aliphatic rings. The third kappa shape index (κ3) is 5.62. The molecule has 0 aromatic rings. The van der Waals surface area contributed by atoms with E-state index in [-0.39, 0.29) is 12.2 Å². The van der Waals surface area contributed by atoms with Gasteiger partial charge in [-0.05, 0) is 25.7 Å². The lowest BCUT2D eigenvalue weighted by atomic mass is 9.98. The SMILES string of the molecule is CCCCCCC1=NOC(C2CC(CCCCCC)=NO2)C1. The first-order valence-corrected chi connectivity index (χ1v) is 9.26. The van der Waals surface area contributed by atoms with Crippen LogP contribution >= 0.6 is 0 Å². The second-order valence-electron chi connectivity index (χ2n) is 6.63. The Morgan fingerprint density at radius 1 is 0.727 bits per heavy atom. The van der Waals surface area contributed by atoms with Crippen LogP contribution in [0.1, 0.15) is 90.9 Å². The van der Waals surface area contributed by atoms with Gasteiger partial charge in [-0.1, -0.05) is 62.7 Å². The van der Waals surface area contributed by atoms with E-state index in [1.807, 2.05) is 0 Å². The molecule has 4 heteroatoms. The molecule has 0 radical (unpaired) electrons. The topological polar surface area (TPSA) is 43.2 Å². The van der Waals surface area contributed by atoms with Gasteiger partial charge in [0.2, 0.25) is 0 Å². The maximum atomic E-state index is 5.59. The second kappa shape index (κ2) is 9.86. The smallest absolute Gasteiger partial charge is 0.172 e. The quantitative estimate of drug-likeness (QED) is 0.491. The first-order valence-electron chi connectivity index (χ1n) is 9.26. The van der Waals surface area contributed by atoms with Gasteiger partial charge in [0.25, 0.3) is 0 Å². The zero-order valence-corrected chi connectivity index (χ0v) is 14.4. The van der Waals surface area contributed by atoms with E-state index < -0.39 is 0 Å². The van der Waals surface area contributed by atoms with E-state index in [0.717, 1.165) is 25.7 Å². The van der Waals surface area contributed by atoms with Crippen LogP contribution in [0.15, 0.2) is 10.3 Å². The molecule has 0 aliphatic carbocycles. The summed E-state index contributed by atoms with van der Waals surface area (Å²) in [4.78, 5) is 11.2. The van der Waals surface area contributed by atoms with E-state index in [2.05, 4.69) is 24.2 Å². The average Bonchev–Trinajstić information content (AvgIpc) is 3.17. The minimum Gasteiger partial charge on any atom is -0.388 e. The summed E-state index contributed by atoms with van der Waals surface area (Å²) in [6.45, 7) is 4.48. The first-order chi connectivity index (χ1) is 10.8. The van der Waals surface area contributed by atoms with E-state index >= 15 is 0 Å². The Labute approximate surface area is 135 Å². The Bertz CT molecular complexity index is 343. The molecular weight excluding hydrogens is 276 g/mol. The summed E-state index contributed by atoms with van der Waals surface area (Å²) in [6.07, 6.45) is 14.4. The molecule has 0 N–H and O–H groups in total. The van der Waals surface area contributed by atoms with Crippen molar-refractivity contribution < 1.29 is 9.68 Å². The van der Waals surface area contributed by atoms with Crippen LogP contribution < -0.4 is 0 Å². The molecule has 22 heavy (non-hydrogen) atoms. The molecule has 2 heterocycles. The molecular formula is C18H32N2O2. The van der Waals surface area contributed by atoms with E-state index in [0.29, 0.717) is 0 Å². The molecule has 2 unspecified atom stereocenters. The summed E-state index contributed by atoms with van der Waals surface area (Å²) >= 11 is 0. The van der Waals surface area contributed by atoms with Crippen LogP contribution in [0.5, 0.6) is 0 Å². The normalized spacial score (nSPS) is 23.9. The van der Waals surface area contributed by atoms with Gasteiger partial charge in [0.1, 0.15) is 0 Å². The third-order valence-electron chi connectivity index (χ3n) is 4.56. The third-order valence-corrected chi connectivity index (χ3v) is 4.56. The van der Waals surface area contributed by atoms with Gasteiger partial charge in [0.15, 0.2) is 12.2 Å². The first kappa shape index (κ1) is 17.3. The van der Waals surface area contributed by atoms with Crippen molar-refractivity contribution in [1.82, 2.24) is 0 Å². The second-order valence-corrected chi connectivity index (χ2v) is 6.63. The number of rotatable bonds is 11. The minimum atomic E-state index is 0.0815. The Morgan fingerprint density at radius 3 is 1.59 bits per heavy atom. The van der Waals surface area contributed by atoms with Gasteiger partial charge in [-0.3, -0.25) is 0 Å². The van der Waals surface area contributed by atoms with E-state index in [9.17, 15) is 0 Å². The van der Waals surface area contributed by atoms with Crippen LogP contribution in [0.25, 0.3) is 0 Å². The fraction of sp³-hybridized carbons (Fsp3) is 0.889. The predicted octanol–water partition coefficient (Wildman–Crippen LogP) is 5.22. The molecule has 0 amide bonds. The van der Waals surface area contributed by atoms with Crippen molar-refractivity contribution in [1.29, 1.82) is 0 Å². The van der Waals surface area contributed by atoms with Crippen molar-refractivity contribution in [3.63, 3.8) is 0 Å². The summed E-state index contributed by atoms with van der Waals surface area (Å²) in [6, 6.07) is 0. The molecule has 4 nitrogen and oxygen atoms in total. The zero-order chi connectivity index (χ0) is 15.6. The monoisotopic (exact) mass is 308 g/mol. The molecule has 0 spiro atoms. The highest BCUT2D eigenvalue weighted by Crippen LogP contribution is 2.26. The number of oxime groups is 2. The summed E-state index contributed by atoms with van der Waals surface area (Å²) in [5.74, 6) is 0. The number of hydrogen-bond donors (Lipinski definition) is 0. The van der Waals surface area contributed by atoms with Crippen molar-refractivity contribution in [3.8, 4) is 0 Å². The molecule has 2 rings (SSSR count). The lowest BCUT2D eigenvalue weighted by Gasteiger charge is -2.13. The molecule has 2 aliphatic heterocycles. The van der Waals surface area contributed by atoms with Crippen molar-refractivity contribution in [2.45, 2.75) is 103 Å². The highest BCUT2D eigenvalue weighted by molar-refractivity contribution is 5.87. The molecule has 126 valence electrons. The van der Waals surface area contributed by atoms with Gasteiger partial charge in [-0.15, -0.1) is 0 Å². The molecule has 2 atom stereocenters. The summed E-state index contributed by atoms with van der Waals surface area (Å²) in [5, 5.41) is 8.51. The van der Waals surface area contributed by atoms with Gasteiger partial charge in [0, 0.05) is 12.8 Å². The zero-order valence-electron chi connectivity index (χ0n) is 14.4. The molecule has 0 fully saturated rings. The highest BCUT2D eigenvalue weighted by Gasteiger charge is 2.35. The average molecular weight is 308 g/mol. The molecule has 0 saturated carbocycles. The standard InChI is InChI=1S/C18H32N2O2/c1-3-5-7-9-11-15-13-17(21-19-15)18-14-16(20-22-18)12-10-8-6-4-2/h17-18H,3-14H2,1-2H3. The number of hydrogen-bond acceptors (Lipinski definition) is 4. The van der Waals surface area contributed by atoms with E-state index in [1.54, 1.807) is 0 Å². The molecule has 0 bridgehead atoms. The number of nitrogens with zero attached hydrogens (tertiary/aromatic N) is 2. The van der Waals surface area contributed by atoms with Gasteiger partial charge < -0.3 is 9.68 Å². The van der Waals surface area contributed by atoms with Gasteiger partial charge >= 0.3 is 0 Å². The van der Waals surface area contributed by atoms with E-state index in [1.165, 1.54) is 62.8 Å². The van der Waals surface area contributed by atoms with Crippen LogP contribution in [0.4, 0.5) is 0 Å². The summed E-state index contributed by atoms with van der Waals surface area (Å²) < 4.78 is 0. The Balaban J connectivity index is 1.58. The van der Waals surface area contributed by atoms with Crippen molar-refractivity contribution >= 4 is 11.4 Å². The lowest BCUT2D eigenvalue weighted by molar-refractivity contribution is -0.0426. The van der Waals surface area contributed by atoms with Gasteiger partial charge in [-0.2, -0.15) is 0 Å². The predicted molar refractivity (Wildman–Crippen MR) is 91.4 cm³/mol. The van der Waals surface area contributed by atoms with Gasteiger partial charge in [0.05, 0.1) is 11.4 Å².